The van der Waals surface area contributed by atoms with E-state index in [1.807, 2.05) is 0 Å². The molecule has 0 heteroatoms. The second-order valence-corrected chi connectivity index (χ2v) is 4.15. The number of hydrogen-bond donors (Lipinski definition) is 0. The average Bonchev–Trinajstić information content (AvgIpc) is 2.33. The van der Waals surface area contributed by atoms with Gasteiger partial charge in [0.05, 0.1) is 0 Å². The van der Waals surface area contributed by atoms with E-state index >= 15 is 0 Å². The van der Waals surface area contributed by atoms with Crippen molar-refractivity contribution in [1.29, 1.82) is 0 Å². The SMILES string of the molecule is CCC=c1ccc2cccc3cccc1c32. The molecule has 0 heterocycles. The smallest absolute Gasteiger partial charge is 0.00330 e. The van der Waals surface area contributed by atoms with Crippen LogP contribution in [0.4, 0.5) is 0 Å². The highest BCUT2D eigenvalue weighted by molar-refractivity contribution is 6.10. The Morgan fingerprint density at radius 1 is 0.875 bits per heavy atom. The van der Waals surface area contributed by atoms with E-state index in [1.54, 1.807) is 0 Å². The van der Waals surface area contributed by atoms with E-state index in [0.29, 0.717) is 0 Å². The third-order valence-electron chi connectivity index (χ3n) is 3.11. The molecule has 0 aliphatic rings. The molecule has 0 unspecified atom stereocenters. The summed E-state index contributed by atoms with van der Waals surface area (Å²) in [7, 11) is 0. The van der Waals surface area contributed by atoms with Crippen LogP contribution < -0.4 is 5.22 Å². The first-order valence-corrected chi connectivity index (χ1v) is 5.80. The third-order valence-corrected chi connectivity index (χ3v) is 3.11. The Kier molecular flexibility index (Phi) is 2.14. The molecule has 0 amide bonds. The highest BCUT2D eigenvalue weighted by Gasteiger charge is 2.01. The molecular weight excluding hydrogens is 192 g/mol. The van der Waals surface area contributed by atoms with E-state index < -0.39 is 0 Å². The summed E-state index contributed by atoms with van der Waals surface area (Å²) in [5.74, 6) is 0. The Morgan fingerprint density at radius 3 is 2.31 bits per heavy atom. The quantitative estimate of drug-likeness (QED) is 0.566. The monoisotopic (exact) mass is 206 g/mol. The lowest BCUT2D eigenvalue weighted by molar-refractivity contribution is 1.29. The maximum absolute atomic E-state index is 2.29. The minimum atomic E-state index is 1.08. The summed E-state index contributed by atoms with van der Waals surface area (Å²) in [4.78, 5) is 0. The van der Waals surface area contributed by atoms with Crippen molar-refractivity contribution in [2.45, 2.75) is 13.3 Å². The van der Waals surface area contributed by atoms with Crippen LogP contribution in [0.15, 0.2) is 48.5 Å². The van der Waals surface area contributed by atoms with Gasteiger partial charge in [0.25, 0.3) is 0 Å². The lowest BCUT2D eigenvalue weighted by atomic mass is 9.99. The minimum absolute atomic E-state index is 1.08. The molecule has 3 aromatic rings. The van der Waals surface area contributed by atoms with Crippen LogP contribution in [0.1, 0.15) is 13.3 Å². The molecule has 0 N–H and O–H groups in total. The second-order valence-electron chi connectivity index (χ2n) is 4.15. The zero-order valence-electron chi connectivity index (χ0n) is 9.40. The van der Waals surface area contributed by atoms with Gasteiger partial charge in [-0.15, -0.1) is 0 Å². The van der Waals surface area contributed by atoms with Crippen molar-refractivity contribution >= 4 is 27.6 Å². The summed E-state index contributed by atoms with van der Waals surface area (Å²) in [6.45, 7) is 2.18. The van der Waals surface area contributed by atoms with Crippen molar-refractivity contribution < 1.29 is 0 Å². The Morgan fingerprint density at radius 2 is 1.56 bits per heavy atom. The Hall–Kier alpha value is -1.82. The minimum Gasteiger partial charge on any atom is -0.0769 e. The number of benzene rings is 3. The molecule has 0 aromatic heterocycles. The fourth-order valence-corrected chi connectivity index (χ4v) is 2.42. The van der Waals surface area contributed by atoms with Gasteiger partial charge in [-0.05, 0) is 33.2 Å². The molecular formula is C16H14. The van der Waals surface area contributed by atoms with Crippen molar-refractivity contribution in [2.24, 2.45) is 0 Å². The summed E-state index contributed by atoms with van der Waals surface area (Å²) in [6, 6.07) is 17.5. The van der Waals surface area contributed by atoms with Gasteiger partial charge in [-0.3, -0.25) is 0 Å². The van der Waals surface area contributed by atoms with Crippen molar-refractivity contribution in [3.05, 3.63) is 53.7 Å². The van der Waals surface area contributed by atoms with E-state index in [4.69, 9.17) is 0 Å². The van der Waals surface area contributed by atoms with Crippen LogP contribution in [0.5, 0.6) is 0 Å². The van der Waals surface area contributed by atoms with Crippen molar-refractivity contribution in [3.63, 3.8) is 0 Å². The van der Waals surface area contributed by atoms with Crippen molar-refractivity contribution in [2.75, 3.05) is 0 Å². The van der Waals surface area contributed by atoms with E-state index in [9.17, 15) is 0 Å². The lowest BCUT2D eigenvalue weighted by Gasteiger charge is -2.05. The fraction of sp³-hybridized carbons (Fsp3) is 0.125. The van der Waals surface area contributed by atoms with E-state index in [-0.39, 0.29) is 0 Å². The summed E-state index contributed by atoms with van der Waals surface area (Å²) < 4.78 is 0. The molecule has 0 nitrogen and oxygen atoms in total. The summed E-state index contributed by atoms with van der Waals surface area (Å²) in [5, 5.41) is 6.79. The molecule has 0 saturated carbocycles. The van der Waals surface area contributed by atoms with Gasteiger partial charge in [0.2, 0.25) is 0 Å². The average molecular weight is 206 g/mol. The lowest BCUT2D eigenvalue weighted by Crippen LogP contribution is -2.01. The summed E-state index contributed by atoms with van der Waals surface area (Å²) in [6.07, 6.45) is 3.37. The molecule has 0 spiro atoms. The van der Waals surface area contributed by atoms with Crippen LogP contribution in [0.3, 0.4) is 0 Å². The Bertz CT molecular complexity index is 669. The predicted octanol–water partition coefficient (Wildman–Crippen LogP) is 3.90. The first-order valence-electron chi connectivity index (χ1n) is 5.80. The van der Waals surface area contributed by atoms with Gasteiger partial charge in [-0.2, -0.15) is 0 Å². The molecule has 0 aliphatic carbocycles. The maximum atomic E-state index is 2.29. The van der Waals surface area contributed by atoms with Gasteiger partial charge < -0.3 is 0 Å². The molecule has 0 atom stereocenters. The van der Waals surface area contributed by atoms with Crippen LogP contribution in [0.2, 0.25) is 0 Å². The molecule has 0 saturated heterocycles. The molecule has 3 rings (SSSR count). The maximum Gasteiger partial charge on any atom is -0.00330 e. The van der Waals surface area contributed by atoms with E-state index in [0.717, 1.165) is 6.42 Å². The molecule has 16 heavy (non-hydrogen) atoms. The van der Waals surface area contributed by atoms with Crippen molar-refractivity contribution in [1.82, 2.24) is 0 Å². The first kappa shape index (κ1) is 9.41. The van der Waals surface area contributed by atoms with Crippen LogP contribution in [0, 0.1) is 0 Å². The van der Waals surface area contributed by atoms with Gasteiger partial charge in [-0.25, -0.2) is 0 Å². The molecule has 0 radical (unpaired) electrons. The van der Waals surface area contributed by atoms with Crippen LogP contribution in [0.25, 0.3) is 27.6 Å². The van der Waals surface area contributed by atoms with E-state index in [1.165, 1.54) is 26.8 Å². The van der Waals surface area contributed by atoms with Crippen LogP contribution >= 0.6 is 0 Å². The normalized spacial score (nSPS) is 12.7. The molecule has 3 aromatic carbocycles. The topological polar surface area (TPSA) is 0 Å². The van der Waals surface area contributed by atoms with Gasteiger partial charge >= 0.3 is 0 Å². The van der Waals surface area contributed by atoms with Crippen molar-refractivity contribution in [3.8, 4) is 0 Å². The first-order chi connectivity index (χ1) is 7.90. The molecule has 78 valence electrons. The molecule has 0 aliphatic heterocycles. The highest BCUT2D eigenvalue weighted by Crippen LogP contribution is 2.23. The van der Waals surface area contributed by atoms with Crippen LogP contribution in [-0.2, 0) is 0 Å². The van der Waals surface area contributed by atoms with Gasteiger partial charge in [0, 0.05) is 0 Å². The van der Waals surface area contributed by atoms with Gasteiger partial charge in [-0.1, -0.05) is 61.5 Å². The molecule has 0 bridgehead atoms. The zero-order valence-corrected chi connectivity index (χ0v) is 9.40. The highest BCUT2D eigenvalue weighted by atomic mass is 14.0. The number of hydrogen-bond acceptors (Lipinski definition) is 0. The third kappa shape index (κ3) is 1.30. The second kappa shape index (κ2) is 3.64. The van der Waals surface area contributed by atoms with Gasteiger partial charge in [0.15, 0.2) is 0 Å². The Balaban J connectivity index is 2.60. The number of rotatable bonds is 1. The zero-order chi connectivity index (χ0) is 11.0. The summed E-state index contributed by atoms with van der Waals surface area (Å²) >= 11 is 0. The fourth-order valence-electron chi connectivity index (χ4n) is 2.42. The van der Waals surface area contributed by atoms with Crippen LogP contribution in [-0.4, -0.2) is 0 Å². The largest absolute Gasteiger partial charge is 0.0769 e. The Labute approximate surface area is 95.2 Å². The molecule has 0 fully saturated rings. The standard InChI is InChI=1S/C16H14/c1-2-5-12-10-11-14-7-3-6-13-8-4-9-15(12)16(13)14/h3-11H,2H2,1H3. The van der Waals surface area contributed by atoms with Gasteiger partial charge in [0.1, 0.15) is 0 Å². The van der Waals surface area contributed by atoms with E-state index in [2.05, 4.69) is 61.5 Å². The predicted molar refractivity (Wildman–Crippen MR) is 71.4 cm³/mol. The summed E-state index contributed by atoms with van der Waals surface area (Å²) in [5.41, 5.74) is 0.